The van der Waals surface area contributed by atoms with Crippen molar-refractivity contribution in [3.05, 3.63) is 109 Å². The number of amides is 3. The molecule has 0 N–H and O–H groups in total. The third-order valence-corrected chi connectivity index (χ3v) is 10.4. The molecule has 310 valence electrons. The van der Waals surface area contributed by atoms with Crippen LogP contribution in [0, 0.1) is 0 Å². The van der Waals surface area contributed by atoms with Crippen molar-refractivity contribution in [2.24, 2.45) is 0 Å². The Morgan fingerprint density at radius 1 is 0.776 bits per heavy atom. The van der Waals surface area contributed by atoms with E-state index in [-0.39, 0.29) is 39.1 Å². The van der Waals surface area contributed by atoms with Gasteiger partial charge in [-0.15, -0.1) is 11.6 Å². The molecule has 1 saturated heterocycles. The van der Waals surface area contributed by atoms with Gasteiger partial charge in [-0.3, -0.25) is 24.1 Å². The van der Waals surface area contributed by atoms with Crippen LogP contribution < -0.4 is 0 Å². The number of halogens is 1. The number of hydrogen-bond acceptors (Lipinski definition) is 10. The molecular weight excluding hydrogens is 756 g/mol. The minimum Gasteiger partial charge on any atom is -0.438 e. The van der Waals surface area contributed by atoms with Crippen LogP contribution in [-0.4, -0.2) is 128 Å². The second-order valence-electron chi connectivity index (χ2n) is 13.8. The van der Waals surface area contributed by atoms with Crippen molar-refractivity contribution in [1.29, 1.82) is 0 Å². The molecule has 1 fully saturated rings. The smallest absolute Gasteiger partial charge is 0.304 e. The number of carbonyl (C=O) groups excluding carboxylic acids is 4. The molecule has 1 atom stereocenters. The summed E-state index contributed by atoms with van der Waals surface area (Å²) in [6, 6.07) is 20.0. The minimum absolute atomic E-state index is 0. The largest absolute Gasteiger partial charge is 0.438 e. The van der Waals surface area contributed by atoms with Gasteiger partial charge in [0, 0.05) is 95.0 Å². The molecule has 0 saturated carbocycles. The summed E-state index contributed by atoms with van der Waals surface area (Å²) >= 11 is 5.59. The Hall–Kier alpha value is -5.79. The van der Waals surface area contributed by atoms with Crippen molar-refractivity contribution in [1.82, 2.24) is 39.5 Å². The Labute approximate surface area is 352 Å². The van der Waals surface area contributed by atoms with Gasteiger partial charge in [0.2, 0.25) is 23.9 Å². The van der Waals surface area contributed by atoms with E-state index in [4.69, 9.17) is 22.3 Å². The highest BCUT2D eigenvalue weighted by molar-refractivity contribution is 6.27. The van der Waals surface area contributed by atoms with Crippen LogP contribution in [0.25, 0.3) is 33.9 Å². The highest BCUT2D eigenvalue weighted by atomic mass is 35.5. The fourth-order valence-electron chi connectivity index (χ4n) is 7.04. The predicted molar refractivity (Wildman–Crippen MR) is 231 cm³/mol. The Kier molecular flexibility index (Phi) is 15.2. The highest BCUT2D eigenvalue weighted by Gasteiger charge is 2.45. The molecule has 0 bridgehead atoms. The van der Waals surface area contributed by atoms with Gasteiger partial charge < -0.3 is 19.4 Å². The van der Waals surface area contributed by atoms with Gasteiger partial charge >= 0.3 is 5.97 Å². The van der Waals surface area contributed by atoms with Crippen LogP contribution in [0.15, 0.2) is 97.6 Å². The summed E-state index contributed by atoms with van der Waals surface area (Å²) in [7, 11) is 1.59. The standard InChI is InChI=1S/C25H29N5O4.C17H16ClN3O.2CH4.2H2/c1-19(32)34-25(28(2)18-31)10-15-29(17-25)16-23(33)30-13-8-21(9-14-30)20-4-6-22(7-5-20)24-26-11-3-12-27-24;18-12-16(22)21-10-6-14(7-11-21)13-2-4-15(5-3-13)17-19-8-1-9-20-17;;;;/h3-8,11-12,18H,9-10,13-17H2,1-2H3;1-6,8-9H,7,10-12H2;2*1H4;2*1H/i;;;;2*1+2T. The lowest BCUT2D eigenvalue weighted by Crippen LogP contribution is -2.52. The van der Waals surface area contributed by atoms with Gasteiger partial charge in [-0.2, -0.15) is 0 Å². The van der Waals surface area contributed by atoms with Gasteiger partial charge in [0.15, 0.2) is 11.6 Å². The third-order valence-electron chi connectivity index (χ3n) is 10.2. The Bertz CT molecular complexity index is 2070. The van der Waals surface area contributed by atoms with Gasteiger partial charge in [0.25, 0.3) is 0 Å². The van der Waals surface area contributed by atoms with E-state index < -0.39 is 11.7 Å². The van der Waals surface area contributed by atoms with Crippen LogP contribution >= 0.6 is 11.6 Å². The van der Waals surface area contributed by atoms with Crippen LogP contribution in [0.3, 0.4) is 0 Å². The molecule has 0 spiro atoms. The average Bonchev–Trinajstić information content (AvgIpc) is 3.73. The van der Waals surface area contributed by atoms with Crippen molar-refractivity contribution >= 4 is 46.9 Å². The van der Waals surface area contributed by atoms with E-state index in [1.54, 1.807) is 48.9 Å². The SMILES string of the molecule is C.C.CC(=O)OC1(N(C)C=O)CCN(CC(=O)N2CC=C(c3ccc(-c4ncccn4)cc3)CC2)C1.O=C(CCl)N1CC=C(c2ccc(-c3ncccn3)cc2)CC1.[3H][3H].[3H][3H]. The number of benzene rings is 2. The summed E-state index contributed by atoms with van der Waals surface area (Å²) < 4.78 is 25.5. The van der Waals surface area contributed by atoms with Crippen molar-refractivity contribution in [3.63, 3.8) is 0 Å². The lowest BCUT2D eigenvalue weighted by atomic mass is 9.98. The van der Waals surface area contributed by atoms with Crippen LogP contribution in [0.2, 0.25) is 0 Å². The molecule has 0 radical (unpaired) electrons. The number of nitrogens with zero attached hydrogens (tertiary/aromatic N) is 8. The summed E-state index contributed by atoms with van der Waals surface area (Å²) in [5, 5.41) is 0. The molecule has 3 aliphatic heterocycles. The molecule has 14 heteroatoms. The van der Waals surface area contributed by atoms with Crippen molar-refractivity contribution in [3.8, 4) is 22.8 Å². The third kappa shape index (κ3) is 11.2. The summed E-state index contributed by atoms with van der Waals surface area (Å²) in [6.07, 6.45) is 13.9. The molecule has 7 rings (SSSR count). The van der Waals surface area contributed by atoms with Crippen LogP contribution in [0.1, 0.15) is 58.1 Å². The average molecular weight is 821 g/mol. The number of likely N-dealkylation sites (tertiary alicyclic amines) is 1. The fraction of sp³-hybridized carbons (Fsp3) is 0.364. The fourth-order valence-corrected chi connectivity index (χ4v) is 7.21. The molecule has 4 aromatic rings. The second-order valence-corrected chi connectivity index (χ2v) is 14.1. The lowest BCUT2D eigenvalue weighted by molar-refractivity contribution is -0.177. The molecule has 3 amide bonds. The molecule has 0 aliphatic carbocycles. The van der Waals surface area contributed by atoms with Crippen molar-refractivity contribution in [2.45, 2.75) is 46.8 Å². The number of likely N-dealkylation sites (N-methyl/N-ethyl adjacent to an activating group) is 1. The van der Waals surface area contributed by atoms with E-state index in [1.807, 2.05) is 34.1 Å². The van der Waals surface area contributed by atoms with Gasteiger partial charge in [0.1, 0.15) is 5.88 Å². The summed E-state index contributed by atoms with van der Waals surface area (Å²) in [5.74, 6) is 1.05. The molecule has 1 unspecified atom stereocenters. The first-order valence-electron chi connectivity index (χ1n) is 20.5. The summed E-state index contributed by atoms with van der Waals surface area (Å²) in [4.78, 5) is 71.4. The van der Waals surface area contributed by atoms with Gasteiger partial charge in [0.05, 0.1) is 13.1 Å². The van der Waals surface area contributed by atoms with Gasteiger partial charge in [-0.1, -0.05) is 75.5 Å². The Balaban J connectivity index is 0.000000410. The first kappa shape index (κ1) is 41.8. The maximum atomic E-state index is 12.9. The van der Waals surface area contributed by atoms with E-state index in [0.717, 1.165) is 41.9 Å². The van der Waals surface area contributed by atoms with Gasteiger partial charge in [-0.25, -0.2) is 19.9 Å². The second kappa shape index (κ2) is 21.1. The number of esters is 1. The highest BCUT2D eigenvalue weighted by Crippen LogP contribution is 2.29. The zero-order valence-corrected chi connectivity index (χ0v) is 32.3. The number of aromatic nitrogens is 4. The number of rotatable bonds is 10. The number of ether oxygens (including phenoxy) is 1. The van der Waals surface area contributed by atoms with E-state index in [0.29, 0.717) is 51.4 Å². The monoisotopic (exact) mass is 820 g/mol. The zero-order chi connectivity index (χ0) is 43.5. The number of carbonyl (C=O) groups is 4. The molecule has 2 aromatic heterocycles. The maximum absolute atomic E-state index is 12.9. The topological polar surface area (TPSA) is 142 Å². The molecule has 2 aromatic carbocycles. The minimum atomic E-state index is -1.01. The first-order chi connectivity index (χ1) is 29.2. The van der Waals surface area contributed by atoms with E-state index >= 15 is 0 Å². The normalized spacial score (nSPS) is 17.8. The van der Waals surface area contributed by atoms with Crippen LogP contribution in [0.5, 0.6) is 0 Å². The lowest BCUT2D eigenvalue weighted by Gasteiger charge is -2.35. The quantitative estimate of drug-likeness (QED) is 0.0746. The van der Waals surface area contributed by atoms with E-state index in [2.05, 4.69) is 56.4 Å². The molecular formula is C44H57ClN8O5. The first-order valence-corrected chi connectivity index (χ1v) is 19.1. The Morgan fingerprint density at radius 2 is 1.22 bits per heavy atom. The molecule has 5 heterocycles. The van der Waals surface area contributed by atoms with Crippen molar-refractivity contribution < 1.29 is 29.9 Å². The van der Waals surface area contributed by atoms with Crippen molar-refractivity contribution in [2.75, 3.05) is 58.7 Å². The summed E-state index contributed by atoms with van der Waals surface area (Å²) in [6.45, 7) is 4.99. The van der Waals surface area contributed by atoms with E-state index in [9.17, 15) is 19.2 Å². The van der Waals surface area contributed by atoms with E-state index in [1.165, 1.54) is 28.5 Å². The zero-order valence-electron chi connectivity index (χ0n) is 35.6. The molecule has 13 nitrogen and oxygen atoms in total. The maximum Gasteiger partial charge on any atom is 0.304 e. The van der Waals surface area contributed by atoms with Crippen LogP contribution in [0.4, 0.5) is 0 Å². The molecule has 3 aliphatic rings. The Morgan fingerprint density at radius 3 is 1.62 bits per heavy atom. The summed E-state index contributed by atoms with van der Waals surface area (Å²) in [5.41, 5.74) is 5.74. The predicted octanol–water partition coefficient (Wildman–Crippen LogP) is 6.57. The van der Waals surface area contributed by atoms with Gasteiger partial charge in [-0.05, 0) is 47.2 Å². The number of alkyl halides is 1. The number of hydrogen-bond donors (Lipinski definition) is 0. The molecule has 58 heavy (non-hydrogen) atoms. The van der Waals surface area contributed by atoms with Crippen LogP contribution in [-0.2, 0) is 23.9 Å².